The molecule has 4 aromatic rings. The standard InChI is InChI=1S/C19H12N2O3S/c22-9-12-7-13(10-23)20-16-6-5-14(8-15(12)16)24-11-19-21-17-3-1-2-4-18(17)25-19/h1-10H,11H2. The van der Waals surface area contributed by atoms with Gasteiger partial charge in [0.1, 0.15) is 23.1 Å². The summed E-state index contributed by atoms with van der Waals surface area (Å²) in [5, 5.41) is 1.54. The molecule has 0 N–H and O–H groups in total. The summed E-state index contributed by atoms with van der Waals surface area (Å²) in [5.41, 5.74) is 2.19. The fourth-order valence-electron chi connectivity index (χ4n) is 2.63. The zero-order chi connectivity index (χ0) is 17.2. The molecular weight excluding hydrogens is 336 g/mol. The van der Waals surface area contributed by atoms with Gasteiger partial charge in [-0.25, -0.2) is 9.97 Å². The lowest BCUT2D eigenvalue weighted by Gasteiger charge is -2.07. The van der Waals surface area contributed by atoms with Gasteiger partial charge in [-0.1, -0.05) is 12.1 Å². The van der Waals surface area contributed by atoms with Crippen LogP contribution < -0.4 is 4.74 Å². The molecule has 0 bridgehead atoms. The predicted molar refractivity (Wildman–Crippen MR) is 96.5 cm³/mol. The number of para-hydroxylation sites is 1. The molecular formula is C19H12N2O3S. The smallest absolute Gasteiger partial charge is 0.168 e. The molecule has 2 aromatic heterocycles. The van der Waals surface area contributed by atoms with Crippen LogP contribution in [-0.2, 0) is 6.61 Å². The minimum Gasteiger partial charge on any atom is -0.486 e. The number of aromatic nitrogens is 2. The van der Waals surface area contributed by atoms with Crippen molar-refractivity contribution < 1.29 is 14.3 Å². The topological polar surface area (TPSA) is 69.2 Å². The molecule has 5 nitrogen and oxygen atoms in total. The van der Waals surface area contributed by atoms with Gasteiger partial charge < -0.3 is 4.74 Å². The van der Waals surface area contributed by atoms with Crippen molar-refractivity contribution in [1.82, 2.24) is 9.97 Å². The molecule has 0 unspecified atom stereocenters. The fourth-order valence-corrected chi connectivity index (χ4v) is 3.51. The second kappa shape index (κ2) is 6.41. The van der Waals surface area contributed by atoms with Crippen molar-refractivity contribution in [2.45, 2.75) is 6.61 Å². The molecule has 0 radical (unpaired) electrons. The Morgan fingerprint density at radius 1 is 0.960 bits per heavy atom. The van der Waals surface area contributed by atoms with E-state index in [9.17, 15) is 9.59 Å². The molecule has 0 aliphatic carbocycles. The number of hydrogen-bond donors (Lipinski definition) is 0. The highest BCUT2D eigenvalue weighted by Crippen LogP contribution is 2.25. The first-order valence-electron chi connectivity index (χ1n) is 7.59. The summed E-state index contributed by atoms with van der Waals surface area (Å²) < 4.78 is 6.94. The Morgan fingerprint density at radius 2 is 1.84 bits per heavy atom. The zero-order valence-electron chi connectivity index (χ0n) is 13.0. The third-order valence-electron chi connectivity index (χ3n) is 3.78. The summed E-state index contributed by atoms with van der Waals surface area (Å²) in [5.74, 6) is 0.621. The summed E-state index contributed by atoms with van der Waals surface area (Å²) in [6.45, 7) is 0.348. The molecule has 0 spiro atoms. The van der Waals surface area contributed by atoms with Crippen LogP contribution in [-0.4, -0.2) is 22.5 Å². The van der Waals surface area contributed by atoms with Gasteiger partial charge in [-0.15, -0.1) is 11.3 Å². The largest absolute Gasteiger partial charge is 0.486 e. The molecule has 122 valence electrons. The molecule has 0 aliphatic heterocycles. The van der Waals surface area contributed by atoms with E-state index in [0.717, 1.165) is 15.2 Å². The van der Waals surface area contributed by atoms with Crippen LogP contribution in [0.25, 0.3) is 21.1 Å². The van der Waals surface area contributed by atoms with Crippen molar-refractivity contribution >= 4 is 45.0 Å². The number of carbonyl (C=O) groups excluding carboxylic acids is 2. The van der Waals surface area contributed by atoms with E-state index in [2.05, 4.69) is 9.97 Å². The summed E-state index contributed by atoms with van der Waals surface area (Å²) in [4.78, 5) is 30.9. The first kappa shape index (κ1) is 15.4. The molecule has 4 rings (SSSR count). The Bertz CT molecular complexity index is 1070. The minimum absolute atomic E-state index is 0.234. The number of fused-ring (bicyclic) bond motifs is 2. The van der Waals surface area contributed by atoms with Gasteiger partial charge in [0.05, 0.1) is 15.7 Å². The number of ether oxygens (including phenoxy) is 1. The van der Waals surface area contributed by atoms with Crippen LogP contribution in [0.15, 0.2) is 48.5 Å². The third-order valence-corrected chi connectivity index (χ3v) is 4.79. The van der Waals surface area contributed by atoms with Crippen molar-refractivity contribution in [3.05, 3.63) is 64.8 Å². The van der Waals surface area contributed by atoms with Gasteiger partial charge >= 0.3 is 0 Å². The number of benzene rings is 2. The molecule has 0 saturated carbocycles. The monoisotopic (exact) mass is 348 g/mol. The Labute approximate surface area is 146 Å². The van der Waals surface area contributed by atoms with Gasteiger partial charge in [0.25, 0.3) is 0 Å². The highest BCUT2D eigenvalue weighted by molar-refractivity contribution is 7.18. The van der Waals surface area contributed by atoms with Crippen molar-refractivity contribution in [1.29, 1.82) is 0 Å². The number of rotatable bonds is 5. The van der Waals surface area contributed by atoms with E-state index in [1.807, 2.05) is 24.3 Å². The van der Waals surface area contributed by atoms with E-state index in [-0.39, 0.29) is 5.69 Å². The minimum atomic E-state index is 0.234. The van der Waals surface area contributed by atoms with E-state index in [1.54, 1.807) is 29.5 Å². The number of nitrogens with zero attached hydrogens (tertiary/aromatic N) is 2. The van der Waals surface area contributed by atoms with Crippen LogP contribution in [0, 0.1) is 0 Å². The molecule has 25 heavy (non-hydrogen) atoms. The maximum Gasteiger partial charge on any atom is 0.168 e. The molecule has 0 amide bonds. The van der Waals surface area contributed by atoms with Crippen molar-refractivity contribution in [3.8, 4) is 5.75 Å². The second-order valence-corrected chi connectivity index (χ2v) is 6.53. The van der Waals surface area contributed by atoms with Crippen molar-refractivity contribution in [2.75, 3.05) is 0 Å². The van der Waals surface area contributed by atoms with Crippen molar-refractivity contribution in [2.24, 2.45) is 0 Å². The quantitative estimate of drug-likeness (QED) is 0.509. The van der Waals surface area contributed by atoms with Crippen LogP contribution >= 0.6 is 11.3 Å². The van der Waals surface area contributed by atoms with E-state index >= 15 is 0 Å². The first-order chi connectivity index (χ1) is 12.3. The van der Waals surface area contributed by atoms with Crippen LogP contribution in [0.4, 0.5) is 0 Å². The third kappa shape index (κ3) is 2.99. The Morgan fingerprint density at radius 3 is 2.64 bits per heavy atom. The zero-order valence-corrected chi connectivity index (χ0v) is 13.8. The number of pyridine rings is 1. The van der Waals surface area contributed by atoms with Crippen LogP contribution in [0.2, 0.25) is 0 Å². The molecule has 2 aromatic carbocycles. The average Bonchev–Trinajstić information content (AvgIpc) is 3.08. The molecule has 6 heteroatoms. The van der Waals surface area contributed by atoms with Crippen LogP contribution in [0.1, 0.15) is 25.9 Å². The number of carbonyl (C=O) groups is 2. The molecule has 2 heterocycles. The Kier molecular flexibility index (Phi) is 3.95. The molecule has 0 aliphatic rings. The van der Waals surface area contributed by atoms with Crippen LogP contribution in [0.3, 0.4) is 0 Å². The van der Waals surface area contributed by atoms with Crippen molar-refractivity contribution in [3.63, 3.8) is 0 Å². The summed E-state index contributed by atoms with van der Waals surface area (Å²) in [6.07, 6.45) is 1.35. The van der Waals surface area contributed by atoms with Gasteiger partial charge in [-0.05, 0) is 36.4 Å². The lowest BCUT2D eigenvalue weighted by atomic mass is 10.1. The summed E-state index contributed by atoms with van der Waals surface area (Å²) in [6, 6.07) is 14.7. The Balaban J connectivity index is 1.62. The van der Waals surface area contributed by atoms with Gasteiger partial charge in [-0.3, -0.25) is 9.59 Å². The van der Waals surface area contributed by atoms with E-state index in [4.69, 9.17) is 4.74 Å². The van der Waals surface area contributed by atoms with Gasteiger partial charge in [0.2, 0.25) is 0 Å². The average molecular weight is 348 g/mol. The lowest BCUT2D eigenvalue weighted by molar-refractivity contribution is 0.111. The lowest BCUT2D eigenvalue weighted by Crippen LogP contribution is -1.97. The highest BCUT2D eigenvalue weighted by Gasteiger charge is 2.08. The van der Waals surface area contributed by atoms with E-state index in [0.29, 0.717) is 41.4 Å². The maximum atomic E-state index is 11.3. The number of hydrogen-bond acceptors (Lipinski definition) is 6. The summed E-state index contributed by atoms with van der Waals surface area (Å²) >= 11 is 1.59. The van der Waals surface area contributed by atoms with E-state index < -0.39 is 0 Å². The molecule has 0 atom stereocenters. The second-order valence-electron chi connectivity index (χ2n) is 5.42. The maximum absolute atomic E-state index is 11.3. The van der Waals surface area contributed by atoms with Crippen LogP contribution in [0.5, 0.6) is 5.75 Å². The normalized spacial score (nSPS) is 10.9. The van der Waals surface area contributed by atoms with Gasteiger partial charge in [0, 0.05) is 10.9 Å². The predicted octanol–water partition coefficient (Wildman–Crippen LogP) is 4.05. The number of thiazole rings is 1. The highest BCUT2D eigenvalue weighted by atomic mass is 32.1. The Hall–Kier alpha value is -3.12. The first-order valence-corrected chi connectivity index (χ1v) is 8.41. The fraction of sp³-hybridized carbons (Fsp3) is 0.0526. The SMILES string of the molecule is O=Cc1cc(C=O)c2cc(OCc3nc4ccccc4s3)ccc2n1. The number of aldehydes is 2. The van der Waals surface area contributed by atoms with E-state index in [1.165, 1.54) is 6.07 Å². The summed E-state index contributed by atoms with van der Waals surface area (Å²) in [7, 11) is 0. The van der Waals surface area contributed by atoms with Gasteiger partial charge in [-0.2, -0.15) is 0 Å². The van der Waals surface area contributed by atoms with Gasteiger partial charge in [0.15, 0.2) is 12.6 Å². The molecule has 0 saturated heterocycles. The molecule has 0 fully saturated rings.